The van der Waals surface area contributed by atoms with E-state index in [0.717, 1.165) is 22.3 Å². The van der Waals surface area contributed by atoms with Crippen molar-refractivity contribution in [2.75, 3.05) is 0 Å². The lowest BCUT2D eigenvalue weighted by Gasteiger charge is -2.10. The lowest BCUT2D eigenvalue weighted by Crippen LogP contribution is -1.92. The minimum absolute atomic E-state index is 0.799. The third-order valence-electron chi connectivity index (χ3n) is 7.99. The fourth-order valence-electron chi connectivity index (χ4n) is 5.97. The van der Waals surface area contributed by atoms with Crippen LogP contribution in [0.4, 0.5) is 0 Å². The molecule has 6 aromatic carbocycles. The topological polar surface area (TPSA) is 23.9 Å². The second-order valence-electron chi connectivity index (χ2n) is 10.7. The zero-order valence-corrected chi connectivity index (χ0v) is 23.6. The third-order valence-corrected chi connectivity index (χ3v) is 7.99. The highest BCUT2D eigenvalue weighted by atomic mass is 14.3. The molecule has 0 amide bonds. The lowest BCUT2D eigenvalue weighted by atomic mass is 9.94. The van der Waals surface area contributed by atoms with Gasteiger partial charge in [0.15, 0.2) is 0 Å². The molecule has 1 nitrogen and oxygen atoms in total. The van der Waals surface area contributed by atoms with Gasteiger partial charge in [0, 0.05) is 11.8 Å². The molecule has 41 heavy (non-hydrogen) atoms. The van der Waals surface area contributed by atoms with Crippen LogP contribution in [0.2, 0.25) is 0 Å². The maximum Gasteiger partial charge on any atom is 0.0362 e. The number of rotatable bonds is 3. The van der Waals surface area contributed by atoms with Crippen molar-refractivity contribution in [1.82, 2.24) is 0 Å². The van der Waals surface area contributed by atoms with Crippen molar-refractivity contribution in [2.45, 2.75) is 20.8 Å². The Kier molecular flexibility index (Phi) is 6.84. The minimum Gasteiger partial charge on any atom is -0.308 e. The average Bonchev–Trinajstić information content (AvgIpc) is 3.33. The van der Waals surface area contributed by atoms with Crippen LogP contribution in [-0.4, -0.2) is 6.21 Å². The molecule has 0 bridgehead atoms. The average molecular weight is 526 g/mol. The van der Waals surface area contributed by atoms with Crippen molar-refractivity contribution >= 4 is 33.3 Å². The number of allylic oxidation sites excluding steroid dienone is 2. The summed E-state index contributed by atoms with van der Waals surface area (Å²) in [4.78, 5) is 0. The van der Waals surface area contributed by atoms with Gasteiger partial charge >= 0.3 is 0 Å². The summed E-state index contributed by atoms with van der Waals surface area (Å²) < 4.78 is 0. The summed E-state index contributed by atoms with van der Waals surface area (Å²) in [5.41, 5.74) is 13.2. The van der Waals surface area contributed by atoms with E-state index in [1.807, 2.05) is 19.1 Å². The van der Waals surface area contributed by atoms with E-state index in [-0.39, 0.29) is 0 Å². The number of hydrogen-bond acceptors (Lipinski definition) is 1. The molecule has 1 aliphatic rings. The molecule has 6 aromatic rings. The van der Waals surface area contributed by atoms with Crippen molar-refractivity contribution in [2.24, 2.45) is 0 Å². The number of benzene rings is 6. The van der Waals surface area contributed by atoms with Gasteiger partial charge in [-0.25, -0.2) is 0 Å². The van der Waals surface area contributed by atoms with Gasteiger partial charge in [-0.3, -0.25) is 0 Å². The van der Waals surface area contributed by atoms with Crippen molar-refractivity contribution in [3.05, 3.63) is 138 Å². The summed E-state index contributed by atoms with van der Waals surface area (Å²) in [6.07, 6.45) is 6.89. The van der Waals surface area contributed by atoms with Crippen molar-refractivity contribution < 1.29 is 0 Å². The maximum atomic E-state index is 7.35. The second-order valence-corrected chi connectivity index (χ2v) is 10.7. The van der Waals surface area contributed by atoms with E-state index in [1.54, 1.807) is 0 Å². The molecule has 0 aliphatic heterocycles. The molecule has 0 heterocycles. The van der Waals surface area contributed by atoms with E-state index in [1.165, 1.54) is 66.7 Å². The molecule has 1 N–H and O–H groups in total. The van der Waals surface area contributed by atoms with Crippen LogP contribution in [0, 0.1) is 31.6 Å². The summed E-state index contributed by atoms with van der Waals surface area (Å²) in [5.74, 6) is 2.70. The van der Waals surface area contributed by atoms with Crippen molar-refractivity contribution in [3.63, 3.8) is 0 Å². The van der Waals surface area contributed by atoms with Gasteiger partial charge < -0.3 is 5.41 Å². The number of nitrogens with one attached hydrogen (secondary N) is 1. The highest BCUT2D eigenvalue weighted by Crippen LogP contribution is 2.49. The fourth-order valence-corrected chi connectivity index (χ4v) is 5.97. The first kappa shape index (κ1) is 26.1. The van der Waals surface area contributed by atoms with Gasteiger partial charge in [0.05, 0.1) is 0 Å². The smallest absolute Gasteiger partial charge is 0.0362 e. The third kappa shape index (κ3) is 4.65. The van der Waals surface area contributed by atoms with E-state index < -0.39 is 0 Å². The Morgan fingerprint density at radius 2 is 1.27 bits per heavy atom. The van der Waals surface area contributed by atoms with Gasteiger partial charge in [0.25, 0.3) is 0 Å². The molecule has 7 rings (SSSR count). The zero-order chi connectivity index (χ0) is 28.5. The van der Waals surface area contributed by atoms with Gasteiger partial charge in [-0.15, -0.1) is 6.42 Å². The lowest BCUT2D eigenvalue weighted by molar-refractivity contribution is 1.44. The van der Waals surface area contributed by atoms with Crippen molar-refractivity contribution in [1.29, 1.82) is 5.41 Å². The largest absolute Gasteiger partial charge is 0.308 e. The van der Waals surface area contributed by atoms with Crippen LogP contribution in [0.15, 0.2) is 121 Å². The molecule has 0 spiro atoms. The van der Waals surface area contributed by atoms with Crippen LogP contribution < -0.4 is 0 Å². The Bertz CT molecular complexity index is 2020. The van der Waals surface area contributed by atoms with Crippen LogP contribution >= 0.6 is 0 Å². The van der Waals surface area contributed by atoms with Gasteiger partial charge in [-0.2, -0.15) is 0 Å². The molecule has 0 fully saturated rings. The quantitative estimate of drug-likeness (QED) is 0.175. The number of terminal acetylenes is 1. The Morgan fingerprint density at radius 1 is 0.659 bits per heavy atom. The van der Waals surface area contributed by atoms with Crippen LogP contribution in [0.25, 0.3) is 60.5 Å². The molecule has 0 atom stereocenters. The summed E-state index contributed by atoms with van der Waals surface area (Å²) in [7, 11) is 0. The standard InChI is InChI=1S/C23H16.C17H15N/c1-15-6-4-7-16(14-15)17-12-13-22-19-9-3-2-8-18(19)21-11-5-10-20(17)23(21)22;1-4-16(13(3)11-18)17-10-15-8-6-5-7-14(15)9-12(17)2/h2-14H,1H3;1,5-11,18H,2-3H3/b;16-13+,18-11?. The summed E-state index contributed by atoms with van der Waals surface area (Å²) in [5, 5.41) is 12.5. The predicted molar refractivity (Wildman–Crippen MR) is 177 cm³/mol. The Labute approximate surface area is 242 Å². The number of aryl methyl sites for hydroxylation is 2. The molecule has 0 radical (unpaired) electrons. The Balaban J connectivity index is 0.000000153. The maximum absolute atomic E-state index is 7.35. The summed E-state index contributed by atoms with van der Waals surface area (Å²) in [6.45, 7) is 6.08. The monoisotopic (exact) mass is 525 g/mol. The molecular weight excluding hydrogens is 494 g/mol. The van der Waals surface area contributed by atoms with Crippen LogP contribution in [0.5, 0.6) is 0 Å². The van der Waals surface area contributed by atoms with Crippen LogP contribution in [0.3, 0.4) is 0 Å². The van der Waals surface area contributed by atoms with E-state index >= 15 is 0 Å². The molecule has 0 aromatic heterocycles. The Hall–Kier alpha value is -5.19. The molecule has 196 valence electrons. The van der Waals surface area contributed by atoms with E-state index in [0.29, 0.717) is 0 Å². The normalized spacial score (nSPS) is 11.8. The van der Waals surface area contributed by atoms with Crippen LogP contribution in [0.1, 0.15) is 23.6 Å². The van der Waals surface area contributed by atoms with Gasteiger partial charge in [-0.1, -0.05) is 121 Å². The highest BCUT2D eigenvalue weighted by Gasteiger charge is 2.21. The predicted octanol–water partition coefficient (Wildman–Crippen LogP) is 10.7. The molecule has 0 saturated carbocycles. The van der Waals surface area contributed by atoms with Gasteiger partial charge in [-0.05, 0) is 98.5 Å². The van der Waals surface area contributed by atoms with E-state index in [9.17, 15) is 0 Å². The molecule has 1 heteroatoms. The second kappa shape index (κ2) is 10.8. The van der Waals surface area contributed by atoms with E-state index in [4.69, 9.17) is 11.8 Å². The molecular formula is C40H31N. The highest BCUT2D eigenvalue weighted by molar-refractivity contribution is 6.18. The SMILES string of the molecule is C#C/C(=C(/C)C=N)c1cc2ccccc2cc1C.Cc1cccc(-c2ccc3c4c(cccc24)-c2ccccc2-3)c1. The summed E-state index contributed by atoms with van der Waals surface area (Å²) >= 11 is 0. The first-order valence-electron chi connectivity index (χ1n) is 13.9. The van der Waals surface area contributed by atoms with Gasteiger partial charge in [0.1, 0.15) is 0 Å². The number of fused-ring (bicyclic) bond motifs is 4. The first-order valence-corrected chi connectivity index (χ1v) is 13.9. The molecule has 0 unspecified atom stereocenters. The van der Waals surface area contributed by atoms with Crippen LogP contribution in [-0.2, 0) is 0 Å². The number of hydrogen-bond donors (Lipinski definition) is 1. The fraction of sp³-hybridized carbons (Fsp3) is 0.0750. The van der Waals surface area contributed by atoms with Crippen molar-refractivity contribution in [3.8, 4) is 45.7 Å². The molecule has 0 saturated heterocycles. The Morgan fingerprint density at radius 3 is 1.95 bits per heavy atom. The minimum atomic E-state index is 0.799. The van der Waals surface area contributed by atoms with E-state index in [2.05, 4.69) is 123 Å². The first-order chi connectivity index (χ1) is 20.0. The summed E-state index contributed by atoms with van der Waals surface area (Å²) in [6, 6.07) is 41.2. The molecule has 1 aliphatic carbocycles. The zero-order valence-electron chi connectivity index (χ0n) is 23.6. The van der Waals surface area contributed by atoms with Gasteiger partial charge in [0.2, 0.25) is 0 Å².